The molecule has 9 heteroatoms. The van der Waals surface area contributed by atoms with Gasteiger partial charge in [-0.3, -0.25) is 4.79 Å². The first kappa shape index (κ1) is 21.1. The molecule has 0 spiro atoms. The van der Waals surface area contributed by atoms with Crippen molar-refractivity contribution in [3.05, 3.63) is 58.4 Å². The Labute approximate surface area is 169 Å². The van der Waals surface area contributed by atoms with Crippen LogP contribution in [0.2, 0.25) is 0 Å². The molecule has 0 aliphatic rings. The Morgan fingerprint density at radius 1 is 1.21 bits per heavy atom. The Morgan fingerprint density at radius 3 is 2.69 bits per heavy atom. The number of amides is 1. The Balaban J connectivity index is 2.06. The minimum absolute atomic E-state index is 0.119. The van der Waals surface area contributed by atoms with Crippen LogP contribution in [0.25, 0.3) is 10.2 Å². The quantitative estimate of drug-likeness (QED) is 0.547. The largest absolute Gasteiger partial charge is 0.497 e. The van der Waals surface area contributed by atoms with E-state index in [2.05, 4.69) is 4.99 Å². The monoisotopic (exact) mass is 424 g/mol. The Hall–Kier alpha value is -2.65. The summed E-state index contributed by atoms with van der Waals surface area (Å²) in [5.41, 5.74) is -0.166. The number of nitrogens with zero attached hydrogens (tertiary/aromatic N) is 2. The van der Waals surface area contributed by atoms with Crippen LogP contribution < -0.4 is 9.54 Å². The molecule has 3 rings (SSSR count). The molecule has 3 aromatic rings. The molecule has 1 heterocycles. The molecular formula is C20H19F3N2O3S. The van der Waals surface area contributed by atoms with Crippen molar-refractivity contribution in [1.29, 1.82) is 0 Å². The van der Waals surface area contributed by atoms with E-state index in [0.29, 0.717) is 30.3 Å². The average molecular weight is 424 g/mol. The number of halogens is 3. The maximum Gasteiger partial charge on any atom is 0.416 e. The van der Waals surface area contributed by atoms with Gasteiger partial charge in [0.1, 0.15) is 5.75 Å². The zero-order chi connectivity index (χ0) is 21.0. The minimum atomic E-state index is -4.53. The molecule has 0 aliphatic heterocycles. The topological polar surface area (TPSA) is 52.8 Å². The van der Waals surface area contributed by atoms with Crippen LogP contribution in [0.5, 0.6) is 5.75 Å². The number of carbonyl (C=O) groups is 1. The highest BCUT2D eigenvalue weighted by Crippen LogP contribution is 2.29. The molecule has 1 amide bonds. The van der Waals surface area contributed by atoms with Gasteiger partial charge in [0.15, 0.2) is 4.80 Å². The highest BCUT2D eigenvalue weighted by molar-refractivity contribution is 7.16. The van der Waals surface area contributed by atoms with Crippen LogP contribution in [0.15, 0.2) is 47.5 Å². The summed E-state index contributed by atoms with van der Waals surface area (Å²) in [6, 6.07) is 9.73. The number of alkyl halides is 3. The summed E-state index contributed by atoms with van der Waals surface area (Å²) in [6.45, 7) is 3.30. The number of thiazole rings is 1. The Kier molecular flexibility index (Phi) is 6.39. The second-order valence-corrected chi connectivity index (χ2v) is 7.07. The minimum Gasteiger partial charge on any atom is -0.497 e. The van der Waals surface area contributed by atoms with Crippen molar-refractivity contribution in [3.8, 4) is 5.75 Å². The number of hydrogen-bond donors (Lipinski definition) is 0. The third-order valence-electron chi connectivity index (χ3n) is 4.19. The first-order valence-electron chi connectivity index (χ1n) is 8.85. The lowest BCUT2D eigenvalue weighted by atomic mass is 10.1. The molecule has 29 heavy (non-hydrogen) atoms. The van der Waals surface area contributed by atoms with Crippen LogP contribution in [-0.2, 0) is 17.5 Å². The molecule has 0 aliphatic carbocycles. The van der Waals surface area contributed by atoms with Crippen molar-refractivity contribution < 1.29 is 27.4 Å². The second kappa shape index (κ2) is 8.79. The SMILES string of the molecule is CCOCCn1c(=NC(=O)c2cccc(C(F)(F)F)c2)sc2cc(OC)ccc21. The van der Waals surface area contributed by atoms with E-state index in [1.165, 1.54) is 23.5 Å². The van der Waals surface area contributed by atoms with Gasteiger partial charge in [-0.2, -0.15) is 18.2 Å². The van der Waals surface area contributed by atoms with Gasteiger partial charge in [-0.25, -0.2) is 0 Å². The van der Waals surface area contributed by atoms with Crippen molar-refractivity contribution in [3.63, 3.8) is 0 Å². The van der Waals surface area contributed by atoms with Crippen molar-refractivity contribution in [2.24, 2.45) is 4.99 Å². The lowest BCUT2D eigenvalue weighted by molar-refractivity contribution is -0.137. The summed E-state index contributed by atoms with van der Waals surface area (Å²) >= 11 is 1.26. The van der Waals surface area contributed by atoms with Crippen molar-refractivity contribution >= 4 is 27.5 Å². The van der Waals surface area contributed by atoms with Crippen molar-refractivity contribution in [2.45, 2.75) is 19.6 Å². The van der Waals surface area contributed by atoms with Crippen LogP contribution in [0, 0.1) is 0 Å². The summed E-state index contributed by atoms with van der Waals surface area (Å²) in [5, 5.41) is 0. The maximum atomic E-state index is 12.9. The van der Waals surface area contributed by atoms with E-state index in [1.807, 2.05) is 23.6 Å². The van der Waals surface area contributed by atoms with Crippen molar-refractivity contribution in [2.75, 3.05) is 20.3 Å². The van der Waals surface area contributed by atoms with Crippen LogP contribution in [0.1, 0.15) is 22.8 Å². The van der Waals surface area contributed by atoms with Gasteiger partial charge >= 0.3 is 6.18 Å². The molecule has 2 aromatic carbocycles. The standard InChI is InChI=1S/C20H19F3N2O3S/c1-3-28-10-9-25-16-8-7-15(27-2)12-17(16)29-19(25)24-18(26)13-5-4-6-14(11-13)20(21,22)23/h4-8,11-12H,3,9-10H2,1-2H3. The van der Waals surface area contributed by atoms with Crippen LogP contribution >= 0.6 is 11.3 Å². The summed E-state index contributed by atoms with van der Waals surface area (Å²) in [5.74, 6) is -0.0776. The molecule has 0 bridgehead atoms. The van der Waals surface area contributed by atoms with E-state index in [4.69, 9.17) is 9.47 Å². The van der Waals surface area contributed by atoms with Gasteiger partial charge in [0.05, 0.1) is 29.5 Å². The predicted octanol–water partition coefficient (Wildman–Crippen LogP) is 4.51. The molecule has 0 saturated carbocycles. The van der Waals surface area contributed by atoms with E-state index in [1.54, 1.807) is 13.2 Å². The second-order valence-electron chi connectivity index (χ2n) is 6.06. The van der Waals surface area contributed by atoms with Gasteiger partial charge in [-0.1, -0.05) is 17.4 Å². The molecule has 0 radical (unpaired) electrons. The fraction of sp³-hybridized carbons (Fsp3) is 0.300. The van der Waals surface area contributed by atoms with E-state index in [9.17, 15) is 18.0 Å². The highest BCUT2D eigenvalue weighted by atomic mass is 32.1. The van der Waals surface area contributed by atoms with Gasteiger partial charge in [-0.05, 0) is 43.3 Å². The van der Waals surface area contributed by atoms with Crippen LogP contribution in [-0.4, -0.2) is 30.8 Å². The number of hydrogen-bond acceptors (Lipinski definition) is 4. The average Bonchev–Trinajstić information content (AvgIpc) is 3.03. The highest BCUT2D eigenvalue weighted by Gasteiger charge is 2.30. The lowest BCUT2D eigenvalue weighted by Gasteiger charge is -2.07. The number of methoxy groups -OCH3 is 1. The smallest absolute Gasteiger partial charge is 0.416 e. The van der Waals surface area contributed by atoms with Crippen LogP contribution in [0.4, 0.5) is 13.2 Å². The summed E-state index contributed by atoms with van der Waals surface area (Å²) in [4.78, 5) is 17.1. The van der Waals surface area contributed by atoms with Gasteiger partial charge in [0, 0.05) is 18.7 Å². The summed E-state index contributed by atoms with van der Waals surface area (Å²) < 4.78 is 52.1. The Bertz CT molecular complexity index is 1090. The first-order valence-corrected chi connectivity index (χ1v) is 9.66. The normalized spacial score (nSPS) is 12.5. The van der Waals surface area contributed by atoms with Gasteiger partial charge in [0.2, 0.25) is 0 Å². The lowest BCUT2D eigenvalue weighted by Crippen LogP contribution is -2.20. The molecule has 0 saturated heterocycles. The molecule has 154 valence electrons. The Morgan fingerprint density at radius 2 is 2.00 bits per heavy atom. The number of benzene rings is 2. The van der Waals surface area contributed by atoms with E-state index < -0.39 is 17.6 Å². The zero-order valence-electron chi connectivity index (χ0n) is 15.8. The van der Waals surface area contributed by atoms with E-state index in [0.717, 1.165) is 22.3 Å². The first-order chi connectivity index (χ1) is 13.8. The maximum absolute atomic E-state index is 12.9. The van der Waals surface area contributed by atoms with Crippen LogP contribution in [0.3, 0.4) is 0 Å². The number of carbonyl (C=O) groups excluding carboxylic acids is 1. The molecule has 0 fully saturated rings. The van der Waals surface area contributed by atoms with Gasteiger partial charge in [0.25, 0.3) is 5.91 Å². The van der Waals surface area contributed by atoms with E-state index in [-0.39, 0.29) is 5.56 Å². The molecule has 0 unspecified atom stereocenters. The molecule has 1 aromatic heterocycles. The van der Waals surface area contributed by atoms with Crippen molar-refractivity contribution in [1.82, 2.24) is 4.57 Å². The van der Waals surface area contributed by atoms with Gasteiger partial charge in [-0.15, -0.1) is 0 Å². The summed E-state index contributed by atoms with van der Waals surface area (Å²) in [6.07, 6.45) is -4.53. The fourth-order valence-electron chi connectivity index (χ4n) is 2.76. The zero-order valence-corrected chi connectivity index (χ0v) is 16.6. The molecular weight excluding hydrogens is 405 g/mol. The molecule has 0 N–H and O–H groups in total. The molecule has 0 atom stereocenters. The summed E-state index contributed by atoms with van der Waals surface area (Å²) in [7, 11) is 1.56. The third-order valence-corrected chi connectivity index (χ3v) is 5.23. The number of rotatable bonds is 6. The third kappa shape index (κ3) is 4.86. The van der Waals surface area contributed by atoms with E-state index >= 15 is 0 Å². The van der Waals surface area contributed by atoms with Gasteiger partial charge < -0.3 is 14.0 Å². The number of fused-ring (bicyclic) bond motifs is 1. The fourth-order valence-corrected chi connectivity index (χ4v) is 3.85. The number of ether oxygens (including phenoxy) is 2. The predicted molar refractivity (Wildman–Crippen MR) is 104 cm³/mol. The molecule has 5 nitrogen and oxygen atoms in total. The number of aromatic nitrogens is 1.